The molecule has 0 aromatic rings. The molecule has 8 atom stereocenters. The van der Waals surface area contributed by atoms with Crippen molar-refractivity contribution in [2.75, 3.05) is 7.11 Å². The van der Waals surface area contributed by atoms with E-state index in [1.165, 1.54) is 13.2 Å². The number of carbonyl (C=O) groups is 3. The summed E-state index contributed by atoms with van der Waals surface area (Å²) >= 11 is 0. The fourth-order valence-corrected chi connectivity index (χ4v) is 6.31. The Kier molecular flexibility index (Phi) is 15.1. The van der Waals surface area contributed by atoms with Gasteiger partial charge in [-0.15, -0.1) is 0 Å². The van der Waals surface area contributed by atoms with Crippen LogP contribution in [0.15, 0.2) is 47.3 Å². The van der Waals surface area contributed by atoms with Crippen molar-refractivity contribution in [2.24, 2.45) is 5.92 Å². The van der Waals surface area contributed by atoms with Gasteiger partial charge < -0.3 is 34.8 Å². The summed E-state index contributed by atoms with van der Waals surface area (Å²) in [6, 6.07) is -0.247. The first-order valence-electron chi connectivity index (χ1n) is 16.5. The van der Waals surface area contributed by atoms with E-state index >= 15 is 0 Å². The van der Waals surface area contributed by atoms with Crippen LogP contribution in [0.4, 0.5) is 0 Å². The summed E-state index contributed by atoms with van der Waals surface area (Å²) in [5.74, 6) is -1.30. The standard InChI is InChI=1S/C35H53NO9/c1-5-6-7-8-13-25-19-26(37)14-11-15-27(38)20-28(39)33-24(17-22(2)12-9-10-16-31(40)36-25)18-30(35(33)42)45-32-21-29(43-4)34(41)23(3)44-32/h9-10,12,16-17,23-25,27,29-30,32,34,38,41-42H,5-8,11,13-15,18-21H2,1-4H3,(H,36,40)/b12-9+,16-10+,22-17+/t23-,24?,25?,27?,29+,30?,32+,34-/m1/s1. The van der Waals surface area contributed by atoms with E-state index in [4.69, 9.17) is 14.2 Å². The van der Waals surface area contributed by atoms with Crippen LogP contribution >= 0.6 is 0 Å². The number of methoxy groups -OCH3 is 1. The molecule has 0 aromatic heterocycles. The van der Waals surface area contributed by atoms with Gasteiger partial charge in [-0.3, -0.25) is 14.4 Å². The summed E-state index contributed by atoms with van der Waals surface area (Å²) in [6.45, 7) is 5.72. The van der Waals surface area contributed by atoms with Crippen LogP contribution in [-0.2, 0) is 28.6 Å². The summed E-state index contributed by atoms with van der Waals surface area (Å²) in [7, 11) is 1.50. The van der Waals surface area contributed by atoms with Gasteiger partial charge in [-0.25, -0.2) is 0 Å². The third-order valence-electron chi connectivity index (χ3n) is 8.81. The average Bonchev–Trinajstić information content (AvgIpc) is 3.28. The highest BCUT2D eigenvalue weighted by molar-refractivity contribution is 5.97. The molecule has 3 aliphatic rings. The number of hydrogen-bond acceptors (Lipinski definition) is 9. The van der Waals surface area contributed by atoms with E-state index in [0.717, 1.165) is 37.7 Å². The van der Waals surface area contributed by atoms with Crippen molar-refractivity contribution in [3.05, 3.63) is 47.3 Å². The van der Waals surface area contributed by atoms with Crippen LogP contribution in [-0.4, -0.2) is 82.8 Å². The summed E-state index contributed by atoms with van der Waals surface area (Å²) in [4.78, 5) is 38.9. The molecule has 2 heterocycles. The second kappa shape index (κ2) is 18.5. The topological polar surface area (TPSA) is 152 Å². The monoisotopic (exact) mass is 631 g/mol. The molecule has 0 saturated carbocycles. The van der Waals surface area contributed by atoms with Crippen LogP contribution in [0.2, 0.25) is 0 Å². The maximum atomic E-state index is 13.5. The number of unbranched alkanes of at least 4 members (excludes halogenated alkanes) is 3. The number of allylic oxidation sites excluding steroid dienone is 6. The Morgan fingerprint density at radius 1 is 1.04 bits per heavy atom. The quantitative estimate of drug-likeness (QED) is 0.280. The number of carbonyl (C=O) groups excluding carboxylic acids is 3. The molecule has 0 aromatic carbocycles. The van der Waals surface area contributed by atoms with Crippen molar-refractivity contribution < 1.29 is 43.9 Å². The largest absolute Gasteiger partial charge is 0.509 e. The van der Waals surface area contributed by atoms with Gasteiger partial charge in [0, 0.05) is 56.4 Å². The highest BCUT2D eigenvalue weighted by atomic mass is 16.7. The number of hydrogen-bond donors (Lipinski definition) is 4. The minimum absolute atomic E-state index is 0.00890. The molecule has 3 rings (SSSR count). The predicted octanol–water partition coefficient (Wildman–Crippen LogP) is 4.69. The fraction of sp³-hybridized carbons (Fsp3) is 0.686. The summed E-state index contributed by atoms with van der Waals surface area (Å²) in [5, 5.41) is 35.2. The van der Waals surface area contributed by atoms with Gasteiger partial charge >= 0.3 is 0 Å². The second-order valence-corrected chi connectivity index (χ2v) is 12.6. The Morgan fingerprint density at radius 2 is 1.80 bits per heavy atom. The van der Waals surface area contributed by atoms with Crippen molar-refractivity contribution >= 4 is 17.5 Å². The van der Waals surface area contributed by atoms with Crippen molar-refractivity contribution in [3.63, 3.8) is 0 Å². The molecule has 2 aliphatic heterocycles. The number of amides is 1. The van der Waals surface area contributed by atoms with E-state index in [1.807, 2.05) is 19.1 Å². The lowest BCUT2D eigenvalue weighted by Crippen LogP contribution is -2.49. The third-order valence-corrected chi connectivity index (χ3v) is 8.81. The van der Waals surface area contributed by atoms with Crippen LogP contribution in [0.1, 0.15) is 97.8 Å². The molecule has 45 heavy (non-hydrogen) atoms. The third kappa shape index (κ3) is 11.6. The molecule has 0 spiro atoms. The first-order valence-corrected chi connectivity index (χ1v) is 16.5. The normalized spacial score (nSPS) is 35.4. The summed E-state index contributed by atoms with van der Waals surface area (Å²) in [5.41, 5.74) is 1.00. The maximum absolute atomic E-state index is 13.5. The molecule has 4 unspecified atom stereocenters. The number of aliphatic hydroxyl groups excluding tert-OH is 3. The van der Waals surface area contributed by atoms with Gasteiger partial charge in [-0.05, 0) is 39.5 Å². The number of aliphatic hydroxyl groups is 3. The first-order chi connectivity index (χ1) is 21.5. The SMILES string of the molecule is CCCCCCC1CC(=O)CCCC(O)CC(=O)C2=C(O)C(O[C@H]3C[C@H](OC)[C@H](O)[C@@H](C)O3)CC2/C=C(C)/C=C/C=C/C(=O)N1. The molecule has 4 N–H and O–H groups in total. The molecule has 0 radical (unpaired) electrons. The molecular weight excluding hydrogens is 578 g/mol. The van der Waals surface area contributed by atoms with Crippen molar-refractivity contribution in [1.82, 2.24) is 5.32 Å². The van der Waals surface area contributed by atoms with E-state index in [9.17, 15) is 29.7 Å². The maximum Gasteiger partial charge on any atom is 0.244 e. The molecule has 252 valence electrons. The molecule has 1 amide bonds. The zero-order valence-corrected chi connectivity index (χ0v) is 27.3. The highest BCUT2D eigenvalue weighted by Crippen LogP contribution is 2.38. The number of ketones is 2. The van der Waals surface area contributed by atoms with Crippen LogP contribution in [0.25, 0.3) is 0 Å². The van der Waals surface area contributed by atoms with Crippen molar-refractivity contribution in [3.8, 4) is 0 Å². The van der Waals surface area contributed by atoms with Gasteiger partial charge in [-0.2, -0.15) is 0 Å². The predicted molar refractivity (Wildman–Crippen MR) is 170 cm³/mol. The van der Waals surface area contributed by atoms with Gasteiger partial charge in [0.1, 0.15) is 23.8 Å². The number of nitrogens with one attached hydrogen (secondary N) is 1. The van der Waals surface area contributed by atoms with Gasteiger partial charge in [0.05, 0.1) is 18.3 Å². The van der Waals surface area contributed by atoms with Crippen LogP contribution < -0.4 is 5.32 Å². The zero-order valence-electron chi connectivity index (χ0n) is 27.3. The van der Waals surface area contributed by atoms with Gasteiger partial charge in [0.2, 0.25) is 5.91 Å². The Labute approximate surface area is 267 Å². The smallest absolute Gasteiger partial charge is 0.244 e. The highest BCUT2D eigenvalue weighted by Gasteiger charge is 2.42. The fourth-order valence-electron chi connectivity index (χ4n) is 6.31. The minimum atomic E-state index is -0.974. The van der Waals surface area contributed by atoms with Crippen LogP contribution in [0.3, 0.4) is 0 Å². The van der Waals surface area contributed by atoms with E-state index in [2.05, 4.69) is 12.2 Å². The molecule has 10 heteroatoms. The van der Waals surface area contributed by atoms with Gasteiger partial charge in [0.25, 0.3) is 0 Å². The van der Waals surface area contributed by atoms with Crippen molar-refractivity contribution in [2.45, 2.75) is 141 Å². The molecule has 1 saturated heterocycles. The van der Waals surface area contributed by atoms with E-state index < -0.39 is 42.7 Å². The number of fused-ring (bicyclic) bond motifs is 1. The Balaban J connectivity index is 1.79. The number of Topliss-reactive ketones (excluding diaryl/α,β-unsaturated/α-hetero) is 2. The first kappa shape index (κ1) is 36.8. The lowest BCUT2D eigenvalue weighted by molar-refractivity contribution is -0.261. The lowest BCUT2D eigenvalue weighted by atomic mass is 9.92. The van der Waals surface area contributed by atoms with Crippen molar-refractivity contribution in [1.29, 1.82) is 0 Å². The number of ether oxygens (including phenoxy) is 3. The average molecular weight is 632 g/mol. The Bertz CT molecular complexity index is 1130. The van der Waals surface area contributed by atoms with E-state index in [-0.39, 0.29) is 73.4 Å². The molecule has 10 nitrogen and oxygen atoms in total. The van der Waals surface area contributed by atoms with Crippen LogP contribution in [0.5, 0.6) is 0 Å². The summed E-state index contributed by atoms with van der Waals surface area (Å²) in [6.07, 6.45) is 10.5. The summed E-state index contributed by atoms with van der Waals surface area (Å²) < 4.78 is 17.3. The molecule has 0 bridgehead atoms. The molecular formula is C35H53NO9. The molecule has 1 aliphatic carbocycles. The lowest BCUT2D eigenvalue weighted by Gasteiger charge is -2.37. The van der Waals surface area contributed by atoms with Gasteiger partial charge in [0.15, 0.2) is 12.1 Å². The zero-order chi connectivity index (χ0) is 32.9. The second-order valence-electron chi connectivity index (χ2n) is 12.6. The van der Waals surface area contributed by atoms with Crippen LogP contribution in [0, 0.1) is 5.92 Å². The van der Waals surface area contributed by atoms with E-state index in [1.54, 1.807) is 19.1 Å². The molecule has 1 fully saturated rings. The number of rotatable bonds is 8. The minimum Gasteiger partial charge on any atom is -0.509 e. The Morgan fingerprint density at radius 3 is 2.53 bits per heavy atom. The van der Waals surface area contributed by atoms with E-state index in [0.29, 0.717) is 6.42 Å². The van der Waals surface area contributed by atoms with Gasteiger partial charge in [-0.1, -0.05) is 62.5 Å². The Hall–Kier alpha value is -2.63.